The Kier molecular flexibility index (Phi) is 7.25. The Labute approximate surface area is 158 Å². The number of allylic oxidation sites excluding steroid dienone is 4. The van der Waals surface area contributed by atoms with Gasteiger partial charge in [-0.25, -0.2) is 0 Å². The molecule has 1 aromatic carbocycles. The van der Waals surface area contributed by atoms with Gasteiger partial charge in [0.25, 0.3) is 0 Å². The highest BCUT2D eigenvalue weighted by Gasteiger charge is 2.52. The van der Waals surface area contributed by atoms with Crippen LogP contribution in [0.25, 0.3) is 5.57 Å². The van der Waals surface area contributed by atoms with Gasteiger partial charge in [-0.15, -0.1) is 0 Å². The molecule has 0 spiro atoms. The second-order valence-corrected chi connectivity index (χ2v) is 7.01. The SMILES string of the molecule is CCCCC(N)C(=O)NCCC1(C(F)(F)F)C=CC(c2ccccc2)=CC1. The average Bonchev–Trinajstić information content (AvgIpc) is 2.66. The second-order valence-electron chi connectivity index (χ2n) is 7.01. The van der Waals surface area contributed by atoms with Gasteiger partial charge >= 0.3 is 6.18 Å². The molecule has 0 radical (unpaired) electrons. The van der Waals surface area contributed by atoms with Gasteiger partial charge in [-0.1, -0.05) is 68.3 Å². The topological polar surface area (TPSA) is 55.1 Å². The van der Waals surface area contributed by atoms with Crippen molar-refractivity contribution >= 4 is 11.5 Å². The highest BCUT2D eigenvalue weighted by atomic mass is 19.4. The van der Waals surface area contributed by atoms with E-state index in [1.807, 2.05) is 37.3 Å². The largest absolute Gasteiger partial charge is 0.398 e. The molecule has 148 valence electrons. The maximum Gasteiger partial charge on any atom is 0.398 e. The van der Waals surface area contributed by atoms with Gasteiger partial charge in [0, 0.05) is 6.54 Å². The van der Waals surface area contributed by atoms with E-state index in [1.165, 1.54) is 12.2 Å². The number of hydrogen-bond acceptors (Lipinski definition) is 2. The van der Waals surface area contributed by atoms with E-state index in [-0.39, 0.29) is 25.3 Å². The van der Waals surface area contributed by atoms with Crippen LogP contribution in [0, 0.1) is 5.41 Å². The first-order valence-electron chi connectivity index (χ1n) is 9.34. The Balaban J connectivity index is 2.00. The summed E-state index contributed by atoms with van der Waals surface area (Å²) >= 11 is 0. The molecule has 3 N–H and O–H groups in total. The maximum absolute atomic E-state index is 13.8. The van der Waals surface area contributed by atoms with Crippen molar-refractivity contribution in [2.75, 3.05) is 6.54 Å². The Bertz CT molecular complexity index is 682. The fourth-order valence-corrected chi connectivity index (χ4v) is 3.15. The standard InChI is InChI=1S/C21H27F3N2O/c1-2-3-9-18(25)19(27)26-15-14-20(21(22,23)24)12-10-17(11-13-20)16-7-5-4-6-8-16/h4-8,10-12,18H,2-3,9,13-15,25H2,1H3,(H,26,27). The zero-order chi connectivity index (χ0) is 19.9. The van der Waals surface area contributed by atoms with Gasteiger partial charge < -0.3 is 11.1 Å². The number of unbranched alkanes of at least 4 members (excludes halogenated alkanes) is 1. The van der Waals surface area contributed by atoms with E-state index in [4.69, 9.17) is 5.73 Å². The predicted octanol–water partition coefficient (Wildman–Crippen LogP) is 4.60. The summed E-state index contributed by atoms with van der Waals surface area (Å²) in [6, 6.07) is 8.64. The summed E-state index contributed by atoms with van der Waals surface area (Å²) < 4.78 is 41.3. The van der Waals surface area contributed by atoms with Crippen LogP contribution in [0.3, 0.4) is 0 Å². The van der Waals surface area contributed by atoms with Crippen LogP contribution in [0.5, 0.6) is 0 Å². The van der Waals surface area contributed by atoms with Crippen molar-refractivity contribution < 1.29 is 18.0 Å². The normalized spacial score (nSPS) is 20.9. The number of rotatable bonds is 8. The number of alkyl halides is 3. The molecule has 2 unspecified atom stereocenters. The van der Waals surface area contributed by atoms with Crippen molar-refractivity contribution in [2.45, 2.75) is 51.2 Å². The smallest absolute Gasteiger partial charge is 0.355 e. The van der Waals surface area contributed by atoms with E-state index >= 15 is 0 Å². The first-order chi connectivity index (χ1) is 12.8. The fraction of sp³-hybridized carbons (Fsp3) is 0.476. The molecule has 1 aliphatic rings. The first-order valence-corrected chi connectivity index (χ1v) is 9.34. The van der Waals surface area contributed by atoms with Crippen LogP contribution < -0.4 is 11.1 Å². The third kappa shape index (κ3) is 5.45. The summed E-state index contributed by atoms with van der Waals surface area (Å²) in [6.45, 7) is 1.93. The van der Waals surface area contributed by atoms with Crippen LogP contribution in [-0.4, -0.2) is 24.7 Å². The molecule has 0 saturated carbocycles. The van der Waals surface area contributed by atoms with Gasteiger partial charge in [0.2, 0.25) is 5.91 Å². The van der Waals surface area contributed by atoms with E-state index in [1.54, 1.807) is 6.08 Å². The molecule has 0 saturated heterocycles. The molecule has 6 heteroatoms. The lowest BCUT2D eigenvalue weighted by Crippen LogP contribution is -2.44. The van der Waals surface area contributed by atoms with Crippen molar-refractivity contribution in [2.24, 2.45) is 11.1 Å². The Morgan fingerprint density at radius 1 is 1.30 bits per heavy atom. The number of carbonyl (C=O) groups excluding carboxylic acids is 1. The average molecular weight is 380 g/mol. The molecule has 2 atom stereocenters. The van der Waals surface area contributed by atoms with E-state index in [2.05, 4.69) is 5.32 Å². The predicted molar refractivity (Wildman–Crippen MR) is 102 cm³/mol. The number of benzene rings is 1. The third-order valence-corrected chi connectivity index (χ3v) is 5.02. The molecule has 27 heavy (non-hydrogen) atoms. The minimum Gasteiger partial charge on any atom is -0.355 e. The Morgan fingerprint density at radius 3 is 2.56 bits per heavy atom. The van der Waals surface area contributed by atoms with Crippen molar-refractivity contribution in [3.63, 3.8) is 0 Å². The minimum absolute atomic E-state index is 0.0585. The van der Waals surface area contributed by atoms with Crippen LogP contribution in [0.2, 0.25) is 0 Å². The van der Waals surface area contributed by atoms with Crippen LogP contribution in [0.1, 0.15) is 44.6 Å². The summed E-state index contributed by atoms with van der Waals surface area (Å²) in [4.78, 5) is 11.9. The monoisotopic (exact) mass is 380 g/mol. The van der Waals surface area contributed by atoms with Crippen LogP contribution in [-0.2, 0) is 4.79 Å². The Hall–Kier alpha value is -2.08. The zero-order valence-electron chi connectivity index (χ0n) is 15.6. The second kappa shape index (κ2) is 9.22. The maximum atomic E-state index is 13.8. The summed E-state index contributed by atoms with van der Waals surface area (Å²) in [5.41, 5.74) is 5.47. The molecule has 0 heterocycles. The highest BCUT2D eigenvalue weighted by molar-refractivity contribution is 5.81. The zero-order valence-corrected chi connectivity index (χ0v) is 15.6. The van der Waals surface area contributed by atoms with E-state index < -0.39 is 17.6 Å². The number of hydrogen-bond donors (Lipinski definition) is 2. The van der Waals surface area contributed by atoms with Gasteiger partial charge in [-0.3, -0.25) is 4.79 Å². The van der Waals surface area contributed by atoms with Crippen molar-refractivity contribution in [3.8, 4) is 0 Å². The van der Waals surface area contributed by atoms with Crippen molar-refractivity contribution in [1.29, 1.82) is 0 Å². The fourth-order valence-electron chi connectivity index (χ4n) is 3.15. The molecule has 0 aromatic heterocycles. The van der Waals surface area contributed by atoms with Gasteiger partial charge in [0.05, 0.1) is 11.5 Å². The lowest BCUT2D eigenvalue weighted by molar-refractivity contribution is -0.207. The van der Waals surface area contributed by atoms with Crippen molar-refractivity contribution in [1.82, 2.24) is 5.32 Å². The molecule has 1 aliphatic carbocycles. The van der Waals surface area contributed by atoms with E-state index in [9.17, 15) is 18.0 Å². The Morgan fingerprint density at radius 2 is 2.00 bits per heavy atom. The van der Waals surface area contributed by atoms with E-state index in [0.717, 1.165) is 24.0 Å². The molecule has 0 fully saturated rings. The van der Waals surface area contributed by atoms with Crippen LogP contribution in [0.15, 0.2) is 48.6 Å². The van der Waals surface area contributed by atoms with Gasteiger partial charge in [0.1, 0.15) is 0 Å². The quantitative estimate of drug-likeness (QED) is 0.692. The minimum atomic E-state index is -4.39. The van der Waals surface area contributed by atoms with Gasteiger partial charge in [-0.2, -0.15) is 13.2 Å². The summed E-state index contributed by atoms with van der Waals surface area (Å²) in [5.74, 6) is -0.388. The van der Waals surface area contributed by atoms with Gasteiger partial charge in [-0.05, 0) is 30.4 Å². The number of halogens is 3. The lowest BCUT2D eigenvalue weighted by atomic mass is 9.76. The number of amides is 1. The van der Waals surface area contributed by atoms with Crippen molar-refractivity contribution in [3.05, 3.63) is 54.1 Å². The molecule has 1 amide bonds. The van der Waals surface area contributed by atoms with Crippen LogP contribution >= 0.6 is 0 Å². The first kappa shape index (κ1) is 21.2. The third-order valence-electron chi connectivity index (χ3n) is 5.02. The summed E-state index contributed by atoms with van der Waals surface area (Å²) in [6.07, 6.45) is 1.91. The summed E-state index contributed by atoms with van der Waals surface area (Å²) in [7, 11) is 0. The number of nitrogens with one attached hydrogen (secondary N) is 1. The lowest BCUT2D eigenvalue weighted by Gasteiger charge is -2.34. The molecule has 3 nitrogen and oxygen atoms in total. The number of nitrogens with two attached hydrogens (primary N) is 1. The molecule has 0 aliphatic heterocycles. The van der Waals surface area contributed by atoms with E-state index in [0.29, 0.717) is 6.42 Å². The molecule has 2 rings (SSSR count). The summed E-state index contributed by atoms with van der Waals surface area (Å²) in [5, 5.41) is 2.56. The molecular formula is C21H27F3N2O. The molecule has 1 aromatic rings. The van der Waals surface area contributed by atoms with Gasteiger partial charge in [0.15, 0.2) is 0 Å². The number of carbonyl (C=O) groups is 1. The molecule has 0 bridgehead atoms. The molecular weight excluding hydrogens is 353 g/mol. The highest BCUT2D eigenvalue weighted by Crippen LogP contribution is 2.48. The van der Waals surface area contributed by atoms with Crippen LogP contribution in [0.4, 0.5) is 13.2 Å².